The fourth-order valence-corrected chi connectivity index (χ4v) is 3.94. The van der Waals surface area contributed by atoms with Crippen LogP contribution in [0, 0.1) is 6.92 Å². The third-order valence-electron chi connectivity index (χ3n) is 3.17. The summed E-state index contributed by atoms with van der Waals surface area (Å²) in [7, 11) is 0. The molecule has 2 aromatic rings. The predicted molar refractivity (Wildman–Crippen MR) is 86.9 cm³/mol. The molecular weight excluding hydrogens is 306 g/mol. The van der Waals surface area contributed by atoms with E-state index >= 15 is 0 Å². The Balaban J connectivity index is 1.74. The fourth-order valence-electron chi connectivity index (χ4n) is 2.17. The summed E-state index contributed by atoms with van der Waals surface area (Å²) in [5.41, 5.74) is 1.59. The molecule has 2 N–H and O–H groups in total. The first-order chi connectivity index (χ1) is 10.1. The van der Waals surface area contributed by atoms with Crippen LogP contribution in [-0.4, -0.2) is 34.3 Å². The summed E-state index contributed by atoms with van der Waals surface area (Å²) in [6, 6.07) is 5.21. The van der Waals surface area contributed by atoms with Gasteiger partial charge in [0, 0.05) is 23.6 Å². The molecule has 5 nitrogen and oxygen atoms in total. The van der Waals surface area contributed by atoms with Crippen LogP contribution in [0.2, 0.25) is 0 Å². The van der Waals surface area contributed by atoms with E-state index in [0.29, 0.717) is 17.9 Å². The Bertz CT molecular complexity index is 699. The van der Waals surface area contributed by atoms with Crippen molar-refractivity contribution in [2.45, 2.75) is 19.4 Å². The van der Waals surface area contributed by atoms with Gasteiger partial charge in [0.1, 0.15) is 6.04 Å². The van der Waals surface area contributed by atoms with Crippen molar-refractivity contribution in [3.05, 3.63) is 23.2 Å². The number of nitrogens with zero attached hydrogens (tertiary/aromatic N) is 1. The average Bonchev–Trinajstić information content (AvgIpc) is 2.66. The molecule has 2 heterocycles. The number of thioether (sulfide) groups is 1. The smallest absolute Gasteiger partial charge is 0.247 e. The topological polar surface area (TPSA) is 71.1 Å². The van der Waals surface area contributed by atoms with Crippen molar-refractivity contribution >= 4 is 50.8 Å². The van der Waals surface area contributed by atoms with E-state index in [4.69, 9.17) is 0 Å². The first kappa shape index (κ1) is 14.3. The predicted octanol–water partition coefficient (Wildman–Crippen LogP) is 2.16. The van der Waals surface area contributed by atoms with Crippen molar-refractivity contribution in [2.24, 2.45) is 0 Å². The second-order valence-corrected chi connectivity index (χ2v) is 7.23. The van der Waals surface area contributed by atoms with Crippen molar-refractivity contribution in [1.29, 1.82) is 0 Å². The van der Waals surface area contributed by atoms with Gasteiger partial charge in [-0.25, -0.2) is 4.98 Å². The van der Waals surface area contributed by atoms with E-state index in [1.165, 1.54) is 0 Å². The Hall–Kier alpha value is -1.60. The average molecular weight is 321 g/mol. The number of fused-ring (bicyclic) bond motifs is 1. The molecule has 0 radical (unpaired) electrons. The van der Waals surface area contributed by atoms with Crippen LogP contribution in [-0.2, 0) is 9.59 Å². The molecule has 1 fully saturated rings. The van der Waals surface area contributed by atoms with Gasteiger partial charge < -0.3 is 10.6 Å². The van der Waals surface area contributed by atoms with E-state index < -0.39 is 6.04 Å². The molecule has 0 bridgehead atoms. The maximum Gasteiger partial charge on any atom is 0.247 e. The zero-order valence-corrected chi connectivity index (χ0v) is 13.1. The number of carbonyl (C=O) groups excluding carboxylic acids is 2. The number of rotatable bonds is 2. The minimum atomic E-state index is -0.474. The molecule has 1 atom stereocenters. The molecule has 1 saturated heterocycles. The van der Waals surface area contributed by atoms with Gasteiger partial charge in [-0.3, -0.25) is 9.59 Å². The zero-order valence-electron chi connectivity index (χ0n) is 11.5. The van der Waals surface area contributed by atoms with Crippen molar-refractivity contribution in [1.82, 2.24) is 10.3 Å². The highest BCUT2D eigenvalue weighted by atomic mass is 32.2. The summed E-state index contributed by atoms with van der Waals surface area (Å²) in [6.45, 7) is 1.96. The largest absolute Gasteiger partial charge is 0.343 e. The Kier molecular flexibility index (Phi) is 4.12. The Morgan fingerprint density at radius 1 is 1.48 bits per heavy atom. The number of nitrogens with one attached hydrogen (secondary N) is 2. The van der Waals surface area contributed by atoms with Gasteiger partial charge in [0.15, 0.2) is 0 Å². The standard InChI is InChI=1S/C14H15N3O2S2/c1-8-15-10-6-9(2-3-12(10)21-8)16-14(19)11-7-20-5-4-13(18)17-11/h2-3,6,11H,4-5,7H2,1H3,(H,16,19)(H,17,18)/t11-/m1/s1. The lowest BCUT2D eigenvalue weighted by atomic mass is 10.2. The number of thiazole rings is 1. The molecule has 0 spiro atoms. The zero-order chi connectivity index (χ0) is 14.8. The van der Waals surface area contributed by atoms with Gasteiger partial charge >= 0.3 is 0 Å². The normalized spacial score (nSPS) is 19.1. The summed E-state index contributed by atoms with van der Waals surface area (Å²) in [5, 5.41) is 6.61. The number of anilines is 1. The molecule has 0 aliphatic carbocycles. The van der Waals surface area contributed by atoms with Crippen LogP contribution in [0.1, 0.15) is 11.4 Å². The van der Waals surface area contributed by atoms with Crippen LogP contribution in [0.4, 0.5) is 5.69 Å². The number of hydrogen-bond acceptors (Lipinski definition) is 5. The van der Waals surface area contributed by atoms with Gasteiger partial charge in [-0.2, -0.15) is 11.8 Å². The highest BCUT2D eigenvalue weighted by molar-refractivity contribution is 7.99. The third-order valence-corrected chi connectivity index (χ3v) is 5.19. The summed E-state index contributed by atoms with van der Waals surface area (Å²) in [6.07, 6.45) is 0.471. The first-order valence-corrected chi connectivity index (χ1v) is 8.64. The third kappa shape index (κ3) is 3.36. The Morgan fingerprint density at radius 3 is 3.19 bits per heavy atom. The Labute approximate surface area is 130 Å². The minimum absolute atomic E-state index is 0.0641. The van der Waals surface area contributed by atoms with E-state index in [9.17, 15) is 9.59 Å². The highest BCUT2D eigenvalue weighted by Crippen LogP contribution is 2.24. The van der Waals surface area contributed by atoms with Crippen LogP contribution < -0.4 is 10.6 Å². The molecule has 7 heteroatoms. The van der Waals surface area contributed by atoms with Crippen molar-refractivity contribution in [2.75, 3.05) is 16.8 Å². The molecule has 110 valence electrons. The van der Waals surface area contributed by atoms with Crippen LogP contribution in [0.15, 0.2) is 18.2 Å². The maximum absolute atomic E-state index is 12.3. The number of aromatic nitrogens is 1. The molecule has 2 amide bonds. The van der Waals surface area contributed by atoms with Gasteiger partial charge in [-0.1, -0.05) is 0 Å². The van der Waals surface area contributed by atoms with Crippen LogP contribution in [0.5, 0.6) is 0 Å². The van der Waals surface area contributed by atoms with Gasteiger partial charge in [0.2, 0.25) is 11.8 Å². The van der Waals surface area contributed by atoms with Gasteiger partial charge in [0.05, 0.1) is 15.2 Å². The fraction of sp³-hybridized carbons (Fsp3) is 0.357. The number of carbonyl (C=O) groups is 2. The SMILES string of the molecule is Cc1nc2cc(NC(=O)[C@H]3CSCCC(=O)N3)ccc2s1. The second kappa shape index (κ2) is 6.03. The molecule has 0 unspecified atom stereocenters. The molecule has 1 aromatic heterocycles. The van der Waals surface area contributed by atoms with Crippen LogP contribution in [0.3, 0.4) is 0 Å². The first-order valence-electron chi connectivity index (χ1n) is 6.67. The van der Waals surface area contributed by atoms with Crippen LogP contribution in [0.25, 0.3) is 10.2 Å². The van der Waals surface area contributed by atoms with E-state index in [-0.39, 0.29) is 11.8 Å². The number of benzene rings is 1. The highest BCUT2D eigenvalue weighted by Gasteiger charge is 2.23. The van der Waals surface area contributed by atoms with Crippen molar-refractivity contribution < 1.29 is 9.59 Å². The molecule has 0 saturated carbocycles. The number of hydrogen-bond donors (Lipinski definition) is 2. The maximum atomic E-state index is 12.3. The lowest BCUT2D eigenvalue weighted by Gasteiger charge is -2.15. The molecule has 3 rings (SSSR count). The van der Waals surface area contributed by atoms with Gasteiger partial charge in [-0.05, 0) is 25.1 Å². The van der Waals surface area contributed by atoms with E-state index in [2.05, 4.69) is 15.6 Å². The van der Waals surface area contributed by atoms with Crippen molar-refractivity contribution in [3.63, 3.8) is 0 Å². The summed E-state index contributed by atoms with van der Waals surface area (Å²) in [4.78, 5) is 28.2. The summed E-state index contributed by atoms with van der Waals surface area (Å²) in [5.74, 6) is 1.13. The van der Waals surface area contributed by atoms with E-state index in [1.54, 1.807) is 23.1 Å². The van der Waals surface area contributed by atoms with Crippen molar-refractivity contribution in [3.8, 4) is 0 Å². The lowest BCUT2D eigenvalue weighted by molar-refractivity contribution is -0.125. The summed E-state index contributed by atoms with van der Waals surface area (Å²) >= 11 is 3.24. The monoisotopic (exact) mass is 321 g/mol. The number of amides is 2. The quantitative estimate of drug-likeness (QED) is 0.889. The van der Waals surface area contributed by atoms with E-state index in [1.807, 2.05) is 25.1 Å². The molecule has 1 aliphatic heterocycles. The van der Waals surface area contributed by atoms with Crippen LogP contribution >= 0.6 is 23.1 Å². The Morgan fingerprint density at radius 2 is 2.33 bits per heavy atom. The van der Waals surface area contributed by atoms with Gasteiger partial charge in [0.25, 0.3) is 0 Å². The molecular formula is C14H15N3O2S2. The summed E-state index contributed by atoms with van der Waals surface area (Å²) < 4.78 is 1.10. The molecule has 1 aliphatic rings. The lowest BCUT2D eigenvalue weighted by Crippen LogP contribution is -2.44. The number of aryl methyl sites for hydroxylation is 1. The second-order valence-electron chi connectivity index (χ2n) is 4.85. The van der Waals surface area contributed by atoms with Gasteiger partial charge in [-0.15, -0.1) is 11.3 Å². The minimum Gasteiger partial charge on any atom is -0.343 e. The molecule has 21 heavy (non-hydrogen) atoms. The van der Waals surface area contributed by atoms with E-state index in [0.717, 1.165) is 21.0 Å². The molecule has 1 aromatic carbocycles.